The Bertz CT molecular complexity index is 719. The van der Waals surface area contributed by atoms with Crippen molar-refractivity contribution in [2.45, 2.75) is 13.3 Å². The fourth-order valence-corrected chi connectivity index (χ4v) is 2.60. The molecule has 0 unspecified atom stereocenters. The first-order valence-corrected chi connectivity index (χ1v) is 8.29. The summed E-state index contributed by atoms with van der Waals surface area (Å²) in [6.07, 6.45) is 0.560. The van der Waals surface area contributed by atoms with Crippen LogP contribution in [0.1, 0.15) is 12.5 Å². The van der Waals surface area contributed by atoms with Gasteiger partial charge >= 0.3 is 0 Å². The predicted molar refractivity (Wildman–Crippen MR) is 95.1 cm³/mol. The minimum atomic E-state index is -0.296. The topological polar surface area (TPSA) is 49.4 Å². The van der Waals surface area contributed by atoms with E-state index in [0.29, 0.717) is 18.7 Å². The van der Waals surface area contributed by atoms with Gasteiger partial charge in [0.25, 0.3) is 0 Å². The Hall–Kier alpha value is -2.21. The van der Waals surface area contributed by atoms with Crippen molar-refractivity contribution in [2.24, 2.45) is 0 Å². The molecule has 0 aliphatic rings. The first-order chi connectivity index (χ1) is 11.4. The number of carbonyl (C=O) groups is 2. The third-order valence-corrected chi connectivity index (χ3v) is 3.97. The Morgan fingerprint density at radius 2 is 1.88 bits per heavy atom. The number of nitrogens with one attached hydrogen (secondary N) is 1. The molecule has 0 fully saturated rings. The molecule has 2 rings (SSSR count). The number of carbonyl (C=O) groups excluding carboxylic acids is 2. The summed E-state index contributed by atoms with van der Waals surface area (Å²) in [6.45, 7) is 1.80. The highest BCUT2D eigenvalue weighted by atomic mass is 79.9. The van der Waals surface area contributed by atoms with Gasteiger partial charge in [0.15, 0.2) is 0 Å². The van der Waals surface area contributed by atoms with Crippen LogP contribution in [0.5, 0.6) is 0 Å². The lowest BCUT2D eigenvalue weighted by atomic mass is 10.1. The fraction of sp³-hybridized carbons (Fsp3) is 0.222. The average Bonchev–Trinajstić information content (AvgIpc) is 2.52. The van der Waals surface area contributed by atoms with Crippen LogP contribution in [-0.2, 0) is 16.0 Å². The molecule has 2 aromatic rings. The molecule has 0 bridgehead atoms. The number of rotatable bonds is 6. The summed E-state index contributed by atoms with van der Waals surface area (Å²) >= 11 is 3.34. The van der Waals surface area contributed by atoms with Crippen LogP contribution < -0.4 is 5.32 Å². The van der Waals surface area contributed by atoms with E-state index in [1.54, 1.807) is 24.3 Å². The van der Waals surface area contributed by atoms with E-state index in [1.807, 2.05) is 12.1 Å². The summed E-state index contributed by atoms with van der Waals surface area (Å²) in [4.78, 5) is 25.3. The minimum absolute atomic E-state index is 0.0248. The molecule has 1 N–H and O–H groups in total. The average molecular weight is 393 g/mol. The standard InChI is InChI=1S/C18H18BrFN2O2/c1-13(23)22(10-9-14-5-7-16(20)8-6-14)12-18(24)21-17-4-2-3-15(19)11-17/h2-8,11H,9-10,12H2,1H3,(H,21,24). The number of amides is 2. The highest BCUT2D eigenvalue weighted by Crippen LogP contribution is 2.15. The maximum Gasteiger partial charge on any atom is 0.243 e. The van der Waals surface area contributed by atoms with Crippen LogP contribution in [0.4, 0.5) is 10.1 Å². The molecule has 2 aromatic carbocycles. The lowest BCUT2D eigenvalue weighted by Crippen LogP contribution is -2.38. The van der Waals surface area contributed by atoms with E-state index >= 15 is 0 Å². The summed E-state index contributed by atoms with van der Waals surface area (Å²) in [7, 11) is 0. The van der Waals surface area contributed by atoms with Gasteiger partial charge in [0.05, 0.1) is 6.54 Å². The second-order valence-electron chi connectivity index (χ2n) is 5.38. The van der Waals surface area contributed by atoms with Gasteiger partial charge in [-0.15, -0.1) is 0 Å². The summed E-state index contributed by atoms with van der Waals surface area (Å²) in [5.74, 6) is -0.737. The molecule has 0 aliphatic heterocycles. The molecule has 0 heterocycles. The zero-order valence-corrected chi connectivity index (χ0v) is 14.8. The van der Waals surface area contributed by atoms with Gasteiger partial charge in [-0.05, 0) is 42.3 Å². The molecule has 0 aliphatic carbocycles. The molecule has 0 aromatic heterocycles. The Balaban J connectivity index is 1.91. The first kappa shape index (κ1) is 18.1. The lowest BCUT2D eigenvalue weighted by Gasteiger charge is -2.20. The maximum absolute atomic E-state index is 12.9. The molecule has 4 nitrogen and oxygen atoms in total. The third kappa shape index (κ3) is 5.77. The van der Waals surface area contributed by atoms with Gasteiger partial charge in [-0.2, -0.15) is 0 Å². The van der Waals surface area contributed by atoms with Crippen molar-refractivity contribution in [1.29, 1.82) is 0 Å². The van der Waals surface area contributed by atoms with Crippen LogP contribution in [-0.4, -0.2) is 29.8 Å². The summed E-state index contributed by atoms with van der Waals surface area (Å²) in [5, 5.41) is 2.76. The number of hydrogen-bond acceptors (Lipinski definition) is 2. The van der Waals surface area contributed by atoms with Crippen LogP contribution in [0.25, 0.3) is 0 Å². The van der Waals surface area contributed by atoms with Crippen molar-refractivity contribution in [3.05, 3.63) is 64.4 Å². The van der Waals surface area contributed by atoms with E-state index in [9.17, 15) is 14.0 Å². The molecule has 24 heavy (non-hydrogen) atoms. The van der Waals surface area contributed by atoms with E-state index < -0.39 is 0 Å². The number of halogens is 2. The van der Waals surface area contributed by atoms with Crippen molar-refractivity contribution >= 4 is 33.4 Å². The number of benzene rings is 2. The SMILES string of the molecule is CC(=O)N(CCc1ccc(F)cc1)CC(=O)Nc1cccc(Br)c1. The molecule has 0 saturated heterocycles. The van der Waals surface area contributed by atoms with Crippen LogP contribution >= 0.6 is 15.9 Å². The second kappa shape index (κ2) is 8.59. The molecule has 126 valence electrons. The lowest BCUT2D eigenvalue weighted by molar-refractivity contribution is -0.132. The number of anilines is 1. The second-order valence-corrected chi connectivity index (χ2v) is 6.29. The monoisotopic (exact) mass is 392 g/mol. The zero-order chi connectivity index (χ0) is 17.5. The maximum atomic E-state index is 12.9. The normalized spacial score (nSPS) is 10.3. The van der Waals surface area contributed by atoms with Gasteiger partial charge in [-0.3, -0.25) is 9.59 Å². The molecule has 0 radical (unpaired) electrons. The van der Waals surface area contributed by atoms with Crippen molar-refractivity contribution in [3.8, 4) is 0 Å². The van der Waals surface area contributed by atoms with E-state index in [2.05, 4.69) is 21.2 Å². The number of hydrogen-bond donors (Lipinski definition) is 1. The smallest absolute Gasteiger partial charge is 0.243 e. The van der Waals surface area contributed by atoms with Gasteiger partial charge in [0.2, 0.25) is 11.8 Å². The Labute approximate surface area is 148 Å². The van der Waals surface area contributed by atoms with Gasteiger partial charge in [-0.1, -0.05) is 34.1 Å². The van der Waals surface area contributed by atoms with Gasteiger partial charge in [0.1, 0.15) is 5.82 Å². The van der Waals surface area contributed by atoms with Gasteiger partial charge < -0.3 is 10.2 Å². The van der Waals surface area contributed by atoms with E-state index in [-0.39, 0.29) is 24.2 Å². The summed E-state index contributed by atoms with van der Waals surface area (Å²) in [6, 6.07) is 13.4. The fourth-order valence-electron chi connectivity index (χ4n) is 2.20. The van der Waals surface area contributed by atoms with Crippen molar-refractivity contribution < 1.29 is 14.0 Å². The van der Waals surface area contributed by atoms with Crippen LogP contribution in [0, 0.1) is 5.82 Å². The quantitative estimate of drug-likeness (QED) is 0.815. The highest BCUT2D eigenvalue weighted by Gasteiger charge is 2.14. The Morgan fingerprint density at radius 1 is 1.17 bits per heavy atom. The minimum Gasteiger partial charge on any atom is -0.333 e. The van der Waals surface area contributed by atoms with Gasteiger partial charge in [-0.25, -0.2) is 4.39 Å². The Kier molecular flexibility index (Phi) is 6.49. The molecule has 2 amide bonds. The van der Waals surface area contributed by atoms with E-state index in [1.165, 1.54) is 24.0 Å². The van der Waals surface area contributed by atoms with Crippen molar-refractivity contribution in [1.82, 2.24) is 4.90 Å². The van der Waals surface area contributed by atoms with Crippen molar-refractivity contribution in [3.63, 3.8) is 0 Å². The van der Waals surface area contributed by atoms with E-state index in [4.69, 9.17) is 0 Å². The van der Waals surface area contributed by atoms with Crippen LogP contribution in [0.2, 0.25) is 0 Å². The molecular weight excluding hydrogens is 375 g/mol. The Morgan fingerprint density at radius 3 is 2.50 bits per heavy atom. The summed E-state index contributed by atoms with van der Waals surface area (Å²) < 4.78 is 13.8. The first-order valence-electron chi connectivity index (χ1n) is 7.49. The molecule has 0 spiro atoms. The molecule has 0 saturated carbocycles. The number of nitrogens with zero attached hydrogens (tertiary/aromatic N) is 1. The summed E-state index contributed by atoms with van der Waals surface area (Å²) in [5.41, 5.74) is 1.58. The molecule has 0 atom stereocenters. The van der Waals surface area contributed by atoms with Gasteiger partial charge in [0, 0.05) is 23.6 Å². The van der Waals surface area contributed by atoms with Crippen molar-refractivity contribution in [2.75, 3.05) is 18.4 Å². The molecule has 6 heteroatoms. The highest BCUT2D eigenvalue weighted by molar-refractivity contribution is 9.10. The van der Waals surface area contributed by atoms with Crippen LogP contribution in [0.3, 0.4) is 0 Å². The zero-order valence-electron chi connectivity index (χ0n) is 13.3. The predicted octanol–water partition coefficient (Wildman–Crippen LogP) is 3.62. The third-order valence-electron chi connectivity index (χ3n) is 3.47. The largest absolute Gasteiger partial charge is 0.333 e. The molecular formula is C18H18BrFN2O2. The van der Waals surface area contributed by atoms with Crippen LogP contribution in [0.15, 0.2) is 53.0 Å². The van der Waals surface area contributed by atoms with E-state index in [0.717, 1.165) is 10.0 Å².